The van der Waals surface area contributed by atoms with E-state index in [1.165, 1.54) is 0 Å². The highest BCUT2D eigenvalue weighted by atomic mass is 16.4. The molecule has 33 heavy (non-hydrogen) atoms. The Labute approximate surface area is 195 Å². The molecule has 0 aliphatic carbocycles. The van der Waals surface area contributed by atoms with E-state index in [1.807, 2.05) is 69.3 Å². The molecule has 4 heteroatoms. The monoisotopic (exact) mass is 442 g/mol. The molecule has 3 N–H and O–H groups in total. The summed E-state index contributed by atoms with van der Waals surface area (Å²) in [4.78, 5) is 11.7. The Morgan fingerprint density at radius 1 is 0.758 bits per heavy atom. The van der Waals surface area contributed by atoms with Gasteiger partial charge >= 0.3 is 5.97 Å². The number of allylic oxidation sites excluding steroid dienone is 1. The SMILES string of the molecule is CCC(=C(c1ccc(O)cc1)c1ccc(O)cc1)c1ccc(C=C(C(=O)O)C(C)(C)C)cc1. The second-order valence-electron chi connectivity index (χ2n) is 9.04. The third-order valence-electron chi connectivity index (χ3n) is 5.58. The van der Waals surface area contributed by atoms with E-state index in [1.54, 1.807) is 30.3 Å². The van der Waals surface area contributed by atoms with E-state index in [9.17, 15) is 20.1 Å². The number of phenols is 2. The standard InChI is InChI=1S/C29H30O4/c1-5-25(20-8-6-19(7-9-20)18-26(28(32)33)29(2,3)4)27(21-10-14-23(30)15-11-21)22-12-16-24(31)17-13-22/h6-18,30-31H,5H2,1-4H3,(H,32,33). The van der Waals surface area contributed by atoms with E-state index >= 15 is 0 Å². The van der Waals surface area contributed by atoms with Crippen LogP contribution in [0.15, 0.2) is 78.4 Å². The first-order chi connectivity index (χ1) is 15.6. The maximum absolute atomic E-state index is 11.7. The number of benzene rings is 3. The van der Waals surface area contributed by atoms with Gasteiger partial charge in [0.2, 0.25) is 0 Å². The molecular weight excluding hydrogens is 412 g/mol. The lowest BCUT2D eigenvalue weighted by molar-refractivity contribution is -0.133. The minimum atomic E-state index is -0.914. The van der Waals surface area contributed by atoms with Gasteiger partial charge < -0.3 is 15.3 Å². The van der Waals surface area contributed by atoms with Gasteiger partial charge in [-0.1, -0.05) is 76.2 Å². The van der Waals surface area contributed by atoms with Crippen LogP contribution in [0.4, 0.5) is 0 Å². The summed E-state index contributed by atoms with van der Waals surface area (Å²) in [6.45, 7) is 7.76. The molecule has 3 rings (SSSR count). The van der Waals surface area contributed by atoms with Crippen LogP contribution >= 0.6 is 0 Å². The average Bonchev–Trinajstić information content (AvgIpc) is 2.77. The largest absolute Gasteiger partial charge is 0.508 e. The predicted octanol–water partition coefficient (Wildman–Crippen LogP) is 6.98. The number of hydrogen-bond donors (Lipinski definition) is 3. The van der Waals surface area contributed by atoms with Crippen LogP contribution in [0.2, 0.25) is 0 Å². The smallest absolute Gasteiger partial charge is 0.332 e. The van der Waals surface area contributed by atoms with Gasteiger partial charge in [-0.2, -0.15) is 0 Å². The molecule has 0 heterocycles. The zero-order valence-corrected chi connectivity index (χ0v) is 19.5. The molecule has 0 aromatic heterocycles. The molecule has 0 aliphatic heterocycles. The van der Waals surface area contributed by atoms with Crippen molar-refractivity contribution in [3.8, 4) is 11.5 Å². The van der Waals surface area contributed by atoms with Crippen molar-refractivity contribution in [2.75, 3.05) is 0 Å². The van der Waals surface area contributed by atoms with Crippen molar-refractivity contribution in [2.24, 2.45) is 5.41 Å². The van der Waals surface area contributed by atoms with Crippen LogP contribution in [0.25, 0.3) is 17.2 Å². The number of hydrogen-bond acceptors (Lipinski definition) is 3. The first kappa shape index (κ1) is 23.9. The first-order valence-corrected chi connectivity index (χ1v) is 11.0. The van der Waals surface area contributed by atoms with Crippen molar-refractivity contribution in [2.45, 2.75) is 34.1 Å². The second kappa shape index (κ2) is 9.78. The molecule has 0 fully saturated rings. The summed E-state index contributed by atoms with van der Waals surface area (Å²) in [7, 11) is 0. The number of aliphatic carboxylic acids is 1. The van der Waals surface area contributed by atoms with Crippen molar-refractivity contribution < 1.29 is 20.1 Å². The average molecular weight is 443 g/mol. The molecule has 170 valence electrons. The summed E-state index contributed by atoms with van der Waals surface area (Å²) in [5.41, 5.74) is 5.79. The number of phenolic OH excluding ortho intramolecular Hbond substituents is 2. The lowest BCUT2D eigenvalue weighted by Gasteiger charge is -2.19. The molecule has 0 bridgehead atoms. The number of rotatable bonds is 6. The maximum atomic E-state index is 11.7. The highest BCUT2D eigenvalue weighted by molar-refractivity contribution is 5.99. The van der Waals surface area contributed by atoms with Crippen LogP contribution in [-0.2, 0) is 4.79 Å². The van der Waals surface area contributed by atoms with E-state index in [2.05, 4.69) is 6.92 Å². The van der Waals surface area contributed by atoms with Crippen molar-refractivity contribution >= 4 is 23.2 Å². The molecule has 3 aromatic carbocycles. The summed E-state index contributed by atoms with van der Waals surface area (Å²) in [6, 6.07) is 22.1. The molecule has 0 unspecified atom stereocenters. The second-order valence-corrected chi connectivity index (χ2v) is 9.04. The lowest BCUT2D eigenvalue weighted by Crippen LogP contribution is -2.17. The normalized spacial score (nSPS) is 11.8. The van der Waals surface area contributed by atoms with Crippen LogP contribution in [0.5, 0.6) is 11.5 Å². The van der Waals surface area contributed by atoms with E-state index in [0.29, 0.717) is 5.57 Å². The van der Waals surface area contributed by atoms with Gasteiger partial charge in [-0.25, -0.2) is 4.79 Å². The molecule has 0 aliphatic rings. The molecule has 4 nitrogen and oxygen atoms in total. The summed E-state index contributed by atoms with van der Waals surface area (Å²) < 4.78 is 0. The highest BCUT2D eigenvalue weighted by Crippen LogP contribution is 2.36. The summed E-state index contributed by atoms with van der Waals surface area (Å²) in [5, 5.41) is 29.1. The number of aromatic hydroxyl groups is 2. The van der Waals surface area contributed by atoms with E-state index in [-0.39, 0.29) is 11.5 Å². The Morgan fingerprint density at radius 2 is 1.18 bits per heavy atom. The van der Waals surface area contributed by atoms with Crippen molar-refractivity contribution in [1.82, 2.24) is 0 Å². The van der Waals surface area contributed by atoms with E-state index in [4.69, 9.17) is 0 Å². The first-order valence-electron chi connectivity index (χ1n) is 11.0. The van der Waals surface area contributed by atoms with Gasteiger partial charge in [0, 0.05) is 5.57 Å². The Balaban J connectivity index is 2.15. The molecular formula is C29H30O4. The Bertz CT molecular complexity index is 1130. The highest BCUT2D eigenvalue weighted by Gasteiger charge is 2.23. The van der Waals surface area contributed by atoms with Crippen molar-refractivity contribution in [3.63, 3.8) is 0 Å². The van der Waals surface area contributed by atoms with Gasteiger partial charge in [0.25, 0.3) is 0 Å². The fourth-order valence-corrected chi connectivity index (χ4v) is 3.84. The van der Waals surface area contributed by atoms with Gasteiger partial charge in [0.1, 0.15) is 11.5 Å². The summed E-state index contributed by atoms with van der Waals surface area (Å²) in [5.74, 6) is -0.514. The Kier molecular flexibility index (Phi) is 7.07. The molecule has 0 amide bonds. The zero-order valence-electron chi connectivity index (χ0n) is 19.5. The molecule has 0 spiro atoms. The Hall–Kier alpha value is -3.79. The van der Waals surface area contributed by atoms with Crippen LogP contribution in [-0.4, -0.2) is 21.3 Å². The topological polar surface area (TPSA) is 77.8 Å². The molecule has 0 saturated heterocycles. The lowest BCUT2D eigenvalue weighted by atomic mass is 9.85. The minimum absolute atomic E-state index is 0.200. The third kappa shape index (κ3) is 5.72. The van der Waals surface area contributed by atoms with Crippen molar-refractivity contribution in [1.29, 1.82) is 0 Å². The molecule has 0 atom stereocenters. The van der Waals surface area contributed by atoms with Gasteiger partial charge in [-0.05, 0) is 75.6 Å². The molecule has 0 saturated carbocycles. The van der Waals surface area contributed by atoms with E-state index in [0.717, 1.165) is 39.8 Å². The van der Waals surface area contributed by atoms with Crippen molar-refractivity contribution in [3.05, 3.63) is 101 Å². The fraction of sp³-hybridized carbons (Fsp3) is 0.207. The Morgan fingerprint density at radius 3 is 1.55 bits per heavy atom. The fourth-order valence-electron chi connectivity index (χ4n) is 3.84. The van der Waals surface area contributed by atoms with Crippen LogP contribution in [0.1, 0.15) is 56.4 Å². The number of carboxylic acid groups (broad SMARTS) is 1. The number of carboxylic acids is 1. The van der Waals surface area contributed by atoms with Gasteiger partial charge in [0.15, 0.2) is 0 Å². The third-order valence-corrected chi connectivity index (χ3v) is 5.58. The van der Waals surface area contributed by atoms with E-state index < -0.39 is 11.4 Å². The van der Waals surface area contributed by atoms with Crippen LogP contribution < -0.4 is 0 Å². The van der Waals surface area contributed by atoms with Gasteiger partial charge in [-0.15, -0.1) is 0 Å². The molecule has 3 aromatic rings. The van der Waals surface area contributed by atoms with Crippen LogP contribution in [0.3, 0.4) is 0 Å². The summed E-state index contributed by atoms with van der Waals surface area (Å²) >= 11 is 0. The maximum Gasteiger partial charge on any atom is 0.332 e. The molecule has 0 radical (unpaired) electrons. The van der Waals surface area contributed by atoms with Crippen LogP contribution in [0, 0.1) is 5.41 Å². The minimum Gasteiger partial charge on any atom is -0.508 e. The summed E-state index contributed by atoms with van der Waals surface area (Å²) in [6.07, 6.45) is 2.48. The van der Waals surface area contributed by atoms with Gasteiger partial charge in [-0.3, -0.25) is 0 Å². The number of carbonyl (C=O) groups is 1. The zero-order chi connectivity index (χ0) is 24.2. The predicted molar refractivity (Wildman–Crippen MR) is 134 cm³/mol. The van der Waals surface area contributed by atoms with Gasteiger partial charge in [0.05, 0.1) is 0 Å². The quantitative estimate of drug-likeness (QED) is 0.284.